The predicted molar refractivity (Wildman–Crippen MR) is 40.2 cm³/mol. The summed E-state index contributed by atoms with van der Waals surface area (Å²) >= 11 is 0. The molecule has 0 amide bonds. The van der Waals surface area contributed by atoms with E-state index in [1.165, 1.54) is 6.20 Å². The van der Waals surface area contributed by atoms with E-state index in [2.05, 4.69) is 4.98 Å². The third-order valence-electron chi connectivity index (χ3n) is 1.26. The smallest absolute Gasteiger partial charge is 0.157 e. The van der Waals surface area contributed by atoms with Crippen LogP contribution in [0.5, 0.6) is 5.75 Å². The highest BCUT2D eigenvalue weighted by atomic mass is 16.3. The molecule has 0 unspecified atom stereocenters. The van der Waals surface area contributed by atoms with Crippen molar-refractivity contribution in [2.45, 2.75) is 0 Å². The summed E-state index contributed by atoms with van der Waals surface area (Å²) in [5.74, 6) is 0.215. The zero-order valence-corrected chi connectivity index (χ0v) is 6.07. The lowest BCUT2D eigenvalue weighted by atomic mass is 10.3. The SMILES string of the molecule is CN(C)c1ccncc1O. The van der Waals surface area contributed by atoms with Gasteiger partial charge < -0.3 is 10.0 Å². The first kappa shape index (κ1) is 6.86. The van der Waals surface area contributed by atoms with Crippen LogP contribution in [0.1, 0.15) is 0 Å². The van der Waals surface area contributed by atoms with Gasteiger partial charge in [-0.15, -0.1) is 0 Å². The van der Waals surface area contributed by atoms with Gasteiger partial charge in [0, 0.05) is 20.3 Å². The molecule has 0 saturated heterocycles. The van der Waals surface area contributed by atoms with Crippen molar-refractivity contribution in [1.82, 2.24) is 4.98 Å². The molecule has 1 aromatic rings. The Kier molecular flexibility index (Phi) is 1.76. The van der Waals surface area contributed by atoms with Crippen LogP contribution < -0.4 is 4.90 Å². The number of aromatic nitrogens is 1. The lowest BCUT2D eigenvalue weighted by Crippen LogP contribution is -2.08. The highest BCUT2D eigenvalue weighted by Crippen LogP contribution is 2.22. The van der Waals surface area contributed by atoms with E-state index in [9.17, 15) is 5.11 Å². The Balaban J connectivity index is 3.03. The molecule has 0 aliphatic rings. The van der Waals surface area contributed by atoms with Crippen molar-refractivity contribution in [1.29, 1.82) is 0 Å². The number of aromatic hydroxyl groups is 1. The normalized spacial score (nSPS) is 9.40. The summed E-state index contributed by atoms with van der Waals surface area (Å²) in [6, 6.07) is 1.76. The van der Waals surface area contributed by atoms with E-state index in [4.69, 9.17) is 0 Å². The number of pyridine rings is 1. The van der Waals surface area contributed by atoms with Crippen molar-refractivity contribution in [3.63, 3.8) is 0 Å². The number of rotatable bonds is 1. The molecule has 1 N–H and O–H groups in total. The van der Waals surface area contributed by atoms with E-state index in [-0.39, 0.29) is 5.75 Å². The van der Waals surface area contributed by atoms with Gasteiger partial charge in [-0.1, -0.05) is 0 Å². The second-order valence-corrected chi connectivity index (χ2v) is 2.26. The van der Waals surface area contributed by atoms with Crippen LogP contribution in [0, 0.1) is 0 Å². The van der Waals surface area contributed by atoms with E-state index in [0.717, 1.165) is 5.69 Å². The molecule has 54 valence electrons. The molecule has 0 fully saturated rings. The van der Waals surface area contributed by atoms with Crippen LogP contribution in [0.15, 0.2) is 18.5 Å². The van der Waals surface area contributed by atoms with E-state index in [1.54, 1.807) is 12.3 Å². The first-order chi connectivity index (χ1) is 4.72. The van der Waals surface area contributed by atoms with Crippen molar-refractivity contribution in [2.75, 3.05) is 19.0 Å². The van der Waals surface area contributed by atoms with E-state index in [1.807, 2.05) is 19.0 Å². The molecule has 0 aliphatic carbocycles. The van der Waals surface area contributed by atoms with Gasteiger partial charge >= 0.3 is 0 Å². The molecule has 0 saturated carbocycles. The maximum Gasteiger partial charge on any atom is 0.157 e. The highest BCUT2D eigenvalue weighted by Gasteiger charge is 1.99. The largest absolute Gasteiger partial charge is 0.504 e. The fourth-order valence-corrected chi connectivity index (χ4v) is 0.757. The molecule has 0 radical (unpaired) electrons. The summed E-state index contributed by atoms with van der Waals surface area (Å²) in [7, 11) is 3.74. The molecule has 1 aromatic heterocycles. The van der Waals surface area contributed by atoms with Crippen molar-refractivity contribution < 1.29 is 5.11 Å². The zero-order chi connectivity index (χ0) is 7.56. The van der Waals surface area contributed by atoms with Gasteiger partial charge in [-0.05, 0) is 6.07 Å². The third-order valence-corrected chi connectivity index (χ3v) is 1.26. The molecule has 0 spiro atoms. The van der Waals surface area contributed by atoms with Gasteiger partial charge in [0.1, 0.15) is 0 Å². The summed E-state index contributed by atoms with van der Waals surface area (Å²) in [5.41, 5.74) is 0.787. The number of hydrogen-bond acceptors (Lipinski definition) is 3. The Labute approximate surface area is 59.9 Å². The van der Waals surface area contributed by atoms with Crippen LogP contribution in [-0.4, -0.2) is 24.2 Å². The minimum absolute atomic E-state index is 0.215. The van der Waals surface area contributed by atoms with Crippen LogP contribution in [0.3, 0.4) is 0 Å². The van der Waals surface area contributed by atoms with Gasteiger partial charge in [0.25, 0.3) is 0 Å². The Morgan fingerprint density at radius 1 is 1.50 bits per heavy atom. The molecule has 0 aliphatic heterocycles. The Morgan fingerprint density at radius 2 is 2.20 bits per heavy atom. The summed E-state index contributed by atoms with van der Waals surface area (Å²) in [4.78, 5) is 5.58. The molecule has 0 bridgehead atoms. The minimum atomic E-state index is 0.215. The van der Waals surface area contributed by atoms with E-state index in [0.29, 0.717) is 0 Å². The van der Waals surface area contributed by atoms with Gasteiger partial charge in [0.05, 0.1) is 11.9 Å². The van der Waals surface area contributed by atoms with Crippen molar-refractivity contribution in [3.05, 3.63) is 18.5 Å². The molecule has 1 heterocycles. The summed E-state index contributed by atoms with van der Waals surface area (Å²) in [6.07, 6.45) is 3.07. The lowest BCUT2D eigenvalue weighted by Gasteiger charge is -2.12. The summed E-state index contributed by atoms with van der Waals surface area (Å²) in [5, 5.41) is 9.18. The van der Waals surface area contributed by atoms with Gasteiger partial charge in [0.15, 0.2) is 5.75 Å². The Morgan fingerprint density at radius 3 is 2.60 bits per heavy atom. The maximum atomic E-state index is 9.18. The Hall–Kier alpha value is -1.25. The predicted octanol–water partition coefficient (Wildman–Crippen LogP) is 0.853. The van der Waals surface area contributed by atoms with Gasteiger partial charge in [0.2, 0.25) is 0 Å². The molecule has 3 nitrogen and oxygen atoms in total. The molecule has 0 aromatic carbocycles. The fraction of sp³-hybridized carbons (Fsp3) is 0.286. The average molecular weight is 138 g/mol. The first-order valence-corrected chi connectivity index (χ1v) is 3.02. The quantitative estimate of drug-likeness (QED) is 0.625. The number of hydrogen-bond donors (Lipinski definition) is 1. The first-order valence-electron chi connectivity index (χ1n) is 3.02. The monoisotopic (exact) mass is 138 g/mol. The van der Waals surface area contributed by atoms with E-state index >= 15 is 0 Å². The summed E-state index contributed by atoms with van der Waals surface area (Å²) < 4.78 is 0. The number of nitrogens with zero attached hydrogens (tertiary/aromatic N) is 2. The molecule has 3 heteroatoms. The van der Waals surface area contributed by atoms with Crippen molar-refractivity contribution >= 4 is 5.69 Å². The van der Waals surface area contributed by atoms with Crippen molar-refractivity contribution in [2.24, 2.45) is 0 Å². The average Bonchev–Trinajstić information content (AvgIpc) is 1.88. The topological polar surface area (TPSA) is 36.4 Å². The van der Waals surface area contributed by atoms with Crippen LogP contribution >= 0.6 is 0 Å². The van der Waals surface area contributed by atoms with Gasteiger partial charge in [-0.25, -0.2) is 0 Å². The van der Waals surface area contributed by atoms with Crippen LogP contribution in [-0.2, 0) is 0 Å². The third kappa shape index (κ3) is 1.18. The van der Waals surface area contributed by atoms with Crippen LogP contribution in [0.4, 0.5) is 5.69 Å². The maximum absolute atomic E-state index is 9.18. The molecular weight excluding hydrogens is 128 g/mol. The molecule has 0 atom stereocenters. The van der Waals surface area contributed by atoms with Gasteiger partial charge in [-0.3, -0.25) is 4.98 Å². The lowest BCUT2D eigenvalue weighted by molar-refractivity contribution is 0.473. The standard InChI is InChI=1S/C7H10N2O/c1-9(2)6-3-4-8-5-7(6)10/h3-5,10H,1-2H3. The molecule has 1 rings (SSSR count). The van der Waals surface area contributed by atoms with E-state index < -0.39 is 0 Å². The van der Waals surface area contributed by atoms with Gasteiger partial charge in [-0.2, -0.15) is 0 Å². The summed E-state index contributed by atoms with van der Waals surface area (Å²) in [6.45, 7) is 0. The minimum Gasteiger partial charge on any atom is -0.504 e. The van der Waals surface area contributed by atoms with Crippen LogP contribution in [0.25, 0.3) is 0 Å². The van der Waals surface area contributed by atoms with Crippen molar-refractivity contribution in [3.8, 4) is 5.75 Å². The van der Waals surface area contributed by atoms with Crippen LogP contribution in [0.2, 0.25) is 0 Å². The second-order valence-electron chi connectivity index (χ2n) is 2.26. The number of anilines is 1. The molecular formula is C7H10N2O. The zero-order valence-electron chi connectivity index (χ0n) is 6.07. The highest BCUT2D eigenvalue weighted by molar-refractivity contribution is 5.54. The fourth-order valence-electron chi connectivity index (χ4n) is 0.757. The second kappa shape index (κ2) is 2.56. The molecule has 10 heavy (non-hydrogen) atoms. The Bertz CT molecular complexity index is 223.